The van der Waals surface area contributed by atoms with Crippen LogP contribution in [-0.2, 0) is 0 Å². The molecule has 0 unspecified atom stereocenters. The van der Waals surface area contributed by atoms with E-state index >= 15 is 0 Å². The molecule has 0 aliphatic heterocycles. The highest BCUT2D eigenvalue weighted by atomic mass is 16.3. The Kier molecular flexibility index (Phi) is 2.44. The average molecular weight is 275 g/mol. The molecule has 0 bridgehead atoms. The van der Waals surface area contributed by atoms with Crippen molar-refractivity contribution < 1.29 is 5.11 Å². The molecular formula is C17H13N3O. The van der Waals surface area contributed by atoms with Crippen LogP contribution in [0.2, 0.25) is 0 Å². The fourth-order valence-corrected chi connectivity index (χ4v) is 2.76. The molecule has 1 N–H and O–H groups in total. The summed E-state index contributed by atoms with van der Waals surface area (Å²) in [6.07, 6.45) is 3.53. The lowest BCUT2D eigenvalue weighted by molar-refractivity contribution is 0.482. The molecule has 0 fully saturated rings. The van der Waals surface area contributed by atoms with Gasteiger partial charge in [0.15, 0.2) is 0 Å². The molecule has 2 heterocycles. The smallest absolute Gasteiger partial charge is 0.124 e. The van der Waals surface area contributed by atoms with Crippen molar-refractivity contribution in [1.29, 1.82) is 0 Å². The molecule has 0 saturated heterocycles. The van der Waals surface area contributed by atoms with E-state index in [2.05, 4.69) is 10.1 Å². The fraction of sp³-hybridized carbons (Fsp3) is 0.0588. The largest absolute Gasteiger partial charge is 0.507 e. The van der Waals surface area contributed by atoms with Crippen LogP contribution in [-0.4, -0.2) is 19.9 Å². The van der Waals surface area contributed by atoms with Crippen LogP contribution in [0.25, 0.3) is 27.4 Å². The topological polar surface area (TPSA) is 50.9 Å². The molecule has 21 heavy (non-hydrogen) atoms. The number of benzene rings is 2. The molecule has 0 aliphatic carbocycles. The van der Waals surface area contributed by atoms with Gasteiger partial charge in [0.1, 0.15) is 5.75 Å². The van der Waals surface area contributed by atoms with E-state index in [0.717, 1.165) is 33.1 Å². The first kappa shape index (κ1) is 11.9. The number of rotatable bonds is 1. The number of aromatic nitrogens is 3. The molecule has 0 saturated carbocycles. The quantitative estimate of drug-likeness (QED) is 0.577. The highest BCUT2D eigenvalue weighted by Crippen LogP contribution is 2.35. The van der Waals surface area contributed by atoms with Crippen molar-refractivity contribution in [2.24, 2.45) is 0 Å². The number of phenolic OH excluding ortho intramolecular Hbond substituents is 1. The molecule has 102 valence electrons. The minimum atomic E-state index is 0.284. The molecule has 0 spiro atoms. The molecule has 0 aliphatic rings. The zero-order valence-electron chi connectivity index (χ0n) is 11.5. The summed E-state index contributed by atoms with van der Waals surface area (Å²) in [7, 11) is 0. The summed E-state index contributed by atoms with van der Waals surface area (Å²) >= 11 is 0. The summed E-state index contributed by atoms with van der Waals surface area (Å²) in [5.41, 5.74) is 2.79. The van der Waals surface area contributed by atoms with Gasteiger partial charge in [-0.2, -0.15) is 5.10 Å². The van der Waals surface area contributed by atoms with Crippen molar-refractivity contribution in [2.75, 3.05) is 0 Å². The number of hydrogen-bond acceptors (Lipinski definition) is 3. The molecular weight excluding hydrogens is 262 g/mol. The summed E-state index contributed by atoms with van der Waals surface area (Å²) in [4.78, 5) is 4.16. The Morgan fingerprint density at radius 3 is 2.57 bits per heavy atom. The first-order valence-electron chi connectivity index (χ1n) is 6.76. The highest BCUT2D eigenvalue weighted by molar-refractivity contribution is 6.09. The third kappa shape index (κ3) is 1.69. The number of aryl methyl sites for hydroxylation is 1. The lowest BCUT2D eigenvalue weighted by atomic mass is 10.1. The lowest BCUT2D eigenvalue weighted by Gasteiger charge is -2.07. The maximum Gasteiger partial charge on any atom is 0.124 e. The maximum absolute atomic E-state index is 10.2. The molecule has 4 nitrogen and oxygen atoms in total. The number of aromatic hydroxyl groups is 1. The number of phenols is 1. The third-order valence-corrected chi connectivity index (χ3v) is 3.74. The van der Waals surface area contributed by atoms with Gasteiger partial charge >= 0.3 is 0 Å². The fourth-order valence-electron chi connectivity index (χ4n) is 2.76. The van der Waals surface area contributed by atoms with E-state index in [9.17, 15) is 5.11 Å². The number of nitrogens with zero attached hydrogens (tertiary/aromatic N) is 3. The van der Waals surface area contributed by atoms with Crippen molar-refractivity contribution in [3.8, 4) is 11.4 Å². The molecule has 4 heteroatoms. The Balaban J connectivity index is 2.21. The van der Waals surface area contributed by atoms with Gasteiger partial charge in [-0.1, -0.05) is 24.3 Å². The second-order valence-corrected chi connectivity index (χ2v) is 5.05. The predicted octanol–water partition coefficient (Wildman–Crippen LogP) is 3.59. The third-order valence-electron chi connectivity index (χ3n) is 3.74. The highest BCUT2D eigenvalue weighted by Gasteiger charge is 2.14. The number of hydrogen-bond donors (Lipinski definition) is 1. The van der Waals surface area contributed by atoms with Gasteiger partial charge in [-0.15, -0.1) is 0 Å². The predicted molar refractivity (Wildman–Crippen MR) is 82.8 cm³/mol. The number of fused-ring (bicyclic) bond motifs is 3. The van der Waals surface area contributed by atoms with Crippen LogP contribution in [0.15, 0.2) is 54.9 Å². The summed E-state index contributed by atoms with van der Waals surface area (Å²) in [6.45, 7) is 1.95. The van der Waals surface area contributed by atoms with Crippen molar-refractivity contribution in [3.63, 3.8) is 0 Å². The van der Waals surface area contributed by atoms with Gasteiger partial charge in [0.25, 0.3) is 0 Å². The Hall–Kier alpha value is -2.88. The summed E-state index contributed by atoms with van der Waals surface area (Å²) in [5.74, 6) is 0.284. The van der Waals surface area contributed by atoms with Crippen LogP contribution >= 0.6 is 0 Å². The summed E-state index contributed by atoms with van der Waals surface area (Å²) in [6, 6.07) is 13.5. The SMILES string of the molecule is Cc1nn(-c2cccnc2)c2c1cc(O)c1ccccc12. The number of pyridine rings is 1. The molecule has 4 rings (SSSR count). The van der Waals surface area contributed by atoms with Gasteiger partial charge < -0.3 is 5.11 Å². The molecule has 0 amide bonds. The Morgan fingerprint density at radius 2 is 1.81 bits per heavy atom. The Labute approximate surface area is 121 Å². The van der Waals surface area contributed by atoms with Gasteiger partial charge in [-0.3, -0.25) is 4.98 Å². The van der Waals surface area contributed by atoms with Crippen LogP contribution in [0.1, 0.15) is 5.69 Å². The van der Waals surface area contributed by atoms with E-state index in [-0.39, 0.29) is 5.75 Å². The van der Waals surface area contributed by atoms with Gasteiger partial charge in [-0.25, -0.2) is 4.68 Å². The zero-order chi connectivity index (χ0) is 14.4. The lowest BCUT2D eigenvalue weighted by Crippen LogP contribution is -1.97. The first-order chi connectivity index (χ1) is 10.3. The van der Waals surface area contributed by atoms with Gasteiger partial charge in [-0.05, 0) is 25.1 Å². The monoisotopic (exact) mass is 275 g/mol. The van der Waals surface area contributed by atoms with Crippen molar-refractivity contribution >= 4 is 21.7 Å². The van der Waals surface area contributed by atoms with Crippen molar-refractivity contribution in [3.05, 3.63) is 60.6 Å². The van der Waals surface area contributed by atoms with Crippen molar-refractivity contribution in [2.45, 2.75) is 6.92 Å². The van der Waals surface area contributed by atoms with E-state index in [4.69, 9.17) is 0 Å². The molecule has 2 aromatic carbocycles. The van der Waals surface area contributed by atoms with E-state index in [1.54, 1.807) is 18.5 Å². The van der Waals surface area contributed by atoms with E-state index < -0.39 is 0 Å². The van der Waals surface area contributed by atoms with Gasteiger partial charge in [0, 0.05) is 22.4 Å². The molecule has 2 aromatic heterocycles. The molecule has 0 atom stereocenters. The first-order valence-corrected chi connectivity index (χ1v) is 6.76. The Morgan fingerprint density at radius 1 is 1.00 bits per heavy atom. The maximum atomic E-state index is 10.2. The van der Waals surface area contributed by atoms with E-state index in [1.807, 2.05) is 48.0 Å². The normalized spacial score (nSPS) is 11.3. The van der Waals surface area contributed by atoms with Gasteiger partial charge in [0.2, 0.25) is 0 Å². The second-order valence-electron chi connectivity index (χ2n) is 5.05. The standard InChI is InChI=1S/C17H13N3O/c1-11-15-9-16(21)13-6-2-3-7-14(13)17(15)20(19-11)12-5-4-8-18-10-12/h2-10,21H,1H3. The van der Waals surface area contributed by atoms with Gasteiger partial charge in [0.05, 0.1) is 23.1 Å². The summed E-state index contributed by atoms with van der Waals surface area (Å²) < 4.78 is 1.89. The molecule has 4 aromatic rings. The molecule has 0 radical (unpaired) electrons. The van der Waals surface area contributed by atoms with Crippen LogP contribution in [0.4, 0.5) is 0 Å². The van der Waals surface area contributed by atoms with Crippen LogP contribution in [0, 0.1) is 6.92 Å². The van der Waals surface area contributed by atoms with Crippen LogP contribution in [0.3, 0.4) is 0 Å². The van der Waals surface area contributed by atoms with E-state index in [0.29, 0.717) is 0 Å². The van der Waals surface area contributed by atoms with Crippen molar-refractivity contribution in [1.82, 2.24) is 14.8 Å². The van der Waals surface area contributed by atoms with E-state index in [1.165, 1.54) is 0 Å². The van der Waals surface area contributed by atoms with Crippen LogP contribution in [0.5, 0.6) is 5.75 Å². The Bertz CT molecular complexity index is 958. The second kappa shape index (κ2) is 4.31. The zero-order valence-corrected chi connectivity index (χ0v) is 11.5. The summed E-state index contributed by atoms with van der Waals surface area (Å²) in [5, 5.41) is 17.6. The minimum Gasteiger partial charge on any atom is -0.507 e. The van der Waals surface area contributed by atoms with Crippen LogP contribution < -0.4 is 0 Å². The minimum absolute atomic E-state index is 0.284. The average Bonchev–Trinajstić information content (AvgIpc) is 2.86.